The molecule has 0 amide bonds. The third kappa shape index (κ3) is 3.02. The number of halogens is 1. The standard InChI is InChI=1S/C21H15BrO5/c1-24-18-15-9-10-26-19(15)21(25-2)20-17(18)16(23)11-14(27-20)8-5-12-3-6-13(22)7-4-12/h3-11H,1-2H3/b8-5-. The van der Waals surface area contributed by atoms with Gasteiger partial charge in [0.15, 0.2) is 16.6 Å². The fourth-order valence-corrected chi connectivity index (χ4v) is 3.28. The first-order chi connectivity index (χ1) is 13.1. The minimum atomic E-state index is -0.218. The molecular weight excluding hydrogens is 412 g/mol. The van der Waals surface area contributed by atoms with Crippen LogP contribution in [0, 0.1) is 0 Å². The van der Waals surface area contributed by atoms with Crippen molar-refractivity contribution in [2.45, 2.75) is 0 Å². The topological polar surface area (TPSA) is 61.8 Å². The number of rotatable bonds is 4. The van der Waals surface area contributed by atoms with Crippen LogP contribution in [-0.2, 0) is 0 Å². The van der Waals surface area contributed by atoms with Crippen LogP contribution in [0.15, 0.2) is 60.8 Å². The van der Waals surface area contributed by atoms with Gasteiger partial charge < -0.3 is 18.3 Å². The van der Waals surface area contributed by atoms with Crippen molar-refractivity contribution in [2.75, 3.05) is 14.2 Å². The first-order valence-electron chi connectivity index (χ1n) is 8.15. The zero-order valence-corrected chi connectivity index (χ0v) is 16.2. The van der Waals surface area contributed by atoms with Gasteiger partial charge in [0, 0.05) is 10.5 Å². The number of furan rings is 1. The minimum Gasteiger partial charge on any atom is -0.495 e. The van der Waals surface area contributed by atoms with E-state index >= 15 is 0 Å². The van der Waals surface area contributed by atoms with Crippen molar-refractivity contribution >= 4 is 50.0 Å². The molecule has 0 fully saturated rings. The van der Waals surface area contributed by atoms with Crippen molar-refractivity contribution in [1.29, 1.82) is 0 Å². The molecule has 2 heterocycles. The van der Waals surface area contributed by atoms with Gasteiger partial charge in [-0.05, 0) is 29.8 Å². The van der Waals surface area contributed by atoms with Crippen molar-refractivity contribution in [3.05, 3.63) is 68.7 Å². The summed E-state index contributed by atoms with van der Waals surface area (Å²) in [6.07, 6.45) is 5.13. The van der Waals surface area contributed by atoms with Gasteiger partial charge >= 0.3 is 0 Å². The van der Waals surface area contributed by atoms with E-state index in [0.29, 0.717) is 39.2 Å². The number of benzene rings is 2. The fourth-order valence-electron chi connectivity index (χ4n) is 3.02. The van der Waals surface area contributed by atoms with Gasteiger partial charge in [-0.15, -0.1) is 0 Å². The summed E-state index contributed by atoms with van der Waals surface area (Å²) in [4.78, 5) is 12.8. The maximum atomic E-state index is 12.8. The van der Waals surface area contributed by atoms with E-state index in [1.807, 2.05) is 30.3 Å². The highest BCUT2D eigenvalue weighted by molar-refractivity contribution is 9.10. The number of fused-ring (bicyclic) bond motifs is 2. The monoisotopic (exact) mass is 426 g/mol. The van der Waals surface area contributed by atoms with Crippen molar-refractivity contribution in [2.24, 2.45) is 0 Å². The molecule has 5 nitrogen and oxygen atoms in total. The van der Waals surface area contributed by atoms with Crippen molar-refractivity contribution in [1.82, 2.24) is 0 Å². The van der Waals surface area contributed by atoms with Crippen LogP contribution in [0.4, 0.5) is 0 Å². The first kappa shape index (κ1) is 17.4. The predicted molar refractivity (Wildman–Crippen MR) is 108 cm³/mol. The Morgan fingerprint density at radius 1 is 0.963 bits per heavy atom. The second-order valence-electron chi connectivity index (χ2n) is 5.83. The highest BCUT2D eigenvalue weighted by Gasteiger charge is 2.22. The van der Waals surface area contributed by atoms with Crippen molar-refractivity contribution < 1.29 is 18.3 Å². The van der Waals surface area contributed by atoms with Crippen LogP contribution >= 0.6 is 15.9 Å². The van der Waals surface area contributed by atoms with Gasteiger partial charge in [0.25, 0.3) is 0 Å². The van der Waals surface area contributed by atoms with Gasteiger partial charge in [0.2, 0.25) is 5.75 Å². The van der Waals surface area contributed by atoms with Crippen LogP contribution in [0.3, 0.4) is 0 Å². The Kier molecular flexibility index (Phi) is 4.49. The Hall–Kier alpha value is -2.99. The summed E-state index contributed by atoms with van der Waals surface area (Å²) < 4.78 is 23.4. The van der Waals surface area contributed by atoms with Crippen LogP contribution in [0.1, 0.15) is 11.3 Å². The summed E-state index contributed by atoms with van der Waals surface area (Å²) in [7, 11) is 3.02. The lowest BCUT2D eigenvalue weighted by Gasteiger charge is -2.10. The van der Waals surface area contributed by atoms with E-state index in [2.05, 4.69) is 15.9 Å². The average Bonchev–Trinajstić information content (AvgIpc) is 3.15. The van der Waals surface area contributed by atoms with Gasteiger partial charge in [0.05, 0.1) is 25.9 Å². The highest BCUT2D eigenvalue weighted by atomic mass is 79.9. The summed E-state index contributed by atoms with van der Waals surface area (Å²) >= 11 is 3.41. The maximum Gasteiger partial charge on any atom is 0.206 e. The van der Waals surface area contributed by atoms with Gasteiger partial charge in [-0.1, -0.05) is 34.1 Å². The Morgan fingerprint density at radius 3 is 2.41 bits per heavy atom. The molecule has 0 bridgehead atoms. The number of hydrogen-bond acceptors (Lipinski definition) is 5. The van der Waals surface area contributed by atoms with E-state index in [-0.39, 0.29) is 5.43 Å². The lowest BCUT2D eigenvalue weighted by atomic mass is 10.1. The molecule has 0 saturated heterocycles. The molecule has 4 aromatic rings. The highest BCUT2D eigenvalue weighted by Crippen LogP contribution is 2.42. The maximum absolute atomic E-state index is 12.8. The number of methoxy groups -OCH3 is 2. The summed E-state index contributed by atoms with van der Waals surface area (Å²) in [6, 6.07) is 11.0. The molecule has 2 aromatic heterocycles. The van der Waals surface area contributed by atoms with Crippen LogP contribution in [-0.4, -0.2) is 14.2 Å². The van der Waals surface area contributed by atoms with E-state index in [1.54, 1.807) is 12.1 Å². The zero-order chi connectivity index (χ0) is 19.0. The third-order valence-electron chi connectivity index (χ3n) is 4.23. The molecule has 27 heavy (non-hydrogen) atoms. The molecule has 0 radical (unpaired) electrons. The van der Waals surface area contributed by atoms with Crippen LogP contribution in [0.5, 0.6) is 11.5 Å². The van der Waals surface area contributed by atoms with E-state index in [9.17, 15) is 4.79 Å². The van der Waals surface area contributed by atoms with Crippen LogP contribution in [0.2, 0.25) is 0 Å². The second-order valence-corrected chi connectivity index (χ2v) is 6.75. The number of ether oxygens (including phenoxy) is 2. The normalized spacial score (nSPS) is 11.5. The lowest BCUT2D eigenvalue weighted by Crippen LogP contribution is -2.04. The average molecular weight is 427 g/mol. The zero-order valence-electron chi connectivity index (χ0n) is 14.6. The summed E-state index contributed by atoms with van der Waals surface area (Å²) in [6.45, 7) is 0. The van der Waals surface area contributed by atoms with Crippen molar-refractivity contribution in [3.8, 4) is 11.5 Å². The Balaban J connectivity index is 1.93. The molecule has 136 valence electrons. The summed E-state index contributed by atoms with van der Waals surface area (Å²) in [5.74, 6) is 1.18. The molecular formula is C21H15BrO5. The van der Waals surface area contributed by atoms with E-state index in [0.717, 1.165) is 10.0 Å². The summed E-state index contributed by atoms with van der Waals surface area (Å²) in [5, 5.41) is 0.983. The van der Waals surface area contributed by atoms with Gasteiger partial charge in [-0.2, -0.15) is 0 Å². The Morgan fingerprint density at radius 2 is 1.70 bits per heavy atom. The minimum absolute atomic E-state index is 0.218. The summed E-state index contributed by atoms with van der Waals surface area (Å²) in [5.41, 5.74) is 1.52. The van der Waals surface area contributed by atoms with E-state index in [1.165, 1.54) is 26.5 Å². The fraction of sp³-hybridized carbons (Fsp3) is 0.0952. The molecule has 4 rings (SSSR count). The van der Waals surface area contributed by atoms with Crippen LogP contribution < -0.4 is 14.9 Å². The molecule has 0 atom stereocenters. The molecule has 0 aliphatic rings. The van der Waals surface area contributed by atoms with Gasteiger partial charge in [-0.3, -0.25) is 4.79 Å². The molecule has 0 aliphatic heterocycles. The largest absolute Gasteiger partial charge is 0.495 e. The van der Waals surface area contributed by atoms with Gasteiger partial charge in [0.1, 0.15) is 16.9 Å². The first-order valence-corrected chi connectivity index (χ1v) is 8.94. The molecule has 0 unspecified atom stereocenters. The lowest BCUT2D eigenvalue weighted by molar-refractivity contribution is 0.400. The second kappa shape index (κ2) is 6.96. The molecule has 0 spiro atoms. The van der Waals surface area contributed by atoms with E-state index < -0.39 is 0 Å². The number of hydrogen-bond donors (Lipinski definition) is 0. The third-order valence-corrected chi connectivity index (χ3v) is 4.76. The SMILES string of the molecule is COc1c2occc2c(OC)c2c(=O)cc(/C=C\c3ccc(Br)cc3)oc12. The molecule has 6 heteroatoms. The molecule has 0 saturated carbocycles. The van der Waals surface area contributed by atoms with Crippen LogP contribution in [0.25, 0.3) is 34.1 Å². The Labute approximate surface area is 162 Å². The predicted octanol–water partition coefficient (Wildman–Crippen LogP) is 5.49. The van der Waals surface area contributed by atoms with E-state index in [4.69, 9.17) is 18.3 Å². The smallest absolute Gasteiger partial charge is 0.206 e. The van der Waals surface area contributed by atoms with Crippen molar-refractivity contribution in [3.63, 3.8) is 0 Å². The molecule has 2 aromatic carbocycles. The molecule has 0 aliphatic carbocycles. The quantitative estimate of drug-likeness (QED) is 0.431. The Bertz CT molecular complexity index is 1220. The van der Waals surface area contributed by atoms with Gasteiger partial charge in [-0.25, -0.2) is 0 Å². The molecule has 0 N–H and O–H groups in total.